The van der Waals surface area contributed by atoms with E-state index in [1.54, 1.807) is 18.3 Å². The van der Waals surface area contributed by atoms with Crippen LogP contribution in [-0.4, -0.2) is 29.1 Å². The molecule has 0 radical (unpaired) electrons. The third-order valence-electron chi connectivity index (χ3n) is 5.65. The number of allylic oxidation sites excluding steroid dienone is 1. The molecule has 0 saturated carbocycles. The molecule has 1 amide bonds. The molecular weight excluding hydrogens is 414 g/mol. The van der Waals surface area contributed by atoms with Crippen molar-refractivity contribution in [1.82, 2.24) is 9.97 Å². The van der Waals surface area contributed by atoms with Crippen LogP contribution in [0.25, 0.3) is 5.57 Å². The number of amides is 1. The van der Waals surface area contributed by atoms with Gasteiger partial charge in [0.05, 0.1) is 0 Å². The zero-order chi connectivity index (χ0) is 23.3. The molecule has 0 spiro atoms. The molecule has 172 valence electrons. The molecule has 33 heavy (non-hydrogen) atoms. The maximum Gasteiger partial charge on any atom is 0.248 e. The second-order valence-corrected chi connectivity index (χ2v) is 9.23. The molecule has 6 heteroatoms. The molecule has 1 aromatic heterocycles. The number of fused-ring (bicyclic) bond motifs is 1. The lowest BCUT2D eigenvalue weighted by atomic mass is 9.86. The van der Waals surface area contributed by atoms with Gasteiger partial charge in [-0.3, -0.25) is 4.79 Å². The van der Waals surface area contributed by atoms with Crippen molar-refractivity contribution in [1.29, 1.82) is 0 Å². The van der Waals surface area contributed by atoms with E-state index in [4.69, 9.17) is 9.47 Å². The Morgan fingerprint density at radius 1 is 1.09 bits per heavy atom. The van der Waals surface area contributed by atoms with Gasteiger partial charge in [0.25, 0.3) is 0 Å². The number of anilines is 1. The number of H-pyrrole nitrogens is 1. The van der Waals surface area contributed by atoms with E-state index in [2.05, 4.69) is 60.3 Å². The zero-order valence-corrected chi connectivity index (χ0v) is 19.5. The number of aryl methyl sites for hydroxylation is 1. The predicted molar refractivity (Wildman–Crippen MR) is 131 cm³/mol. The number of carbonyl (C=O) groups excluding carboxylic acids is 1. The first-order valence-corrected chi connectivity index (χ1v) is 11.4. The molecule has 0 unspecified atom stereocenters. The van der Waals surface area contributed by atoms with E-state index in [1.165, 1.54) is 5.56 Å². The van der Waals surface area contributed by atoms with E-state index in [-0.39, 0.29) is 11.3 Å². The number of hydrogen-bond donors (Lipinski definition) is 2. The number of ether oxygens (including phenoxy) is 2. The molecule has 2 heterocycles. The van der Waals surface area contributed by atoms with Crippen molar-refractivity contribution in [3.05, 3.63) is 77.9 Å². The number of carbonyl (C=O) groups is 1. The number of rotatable bonds is 7. The Morgan fingerprint density at radius 2 is 1.85 bits per heavy atom. The summed E-state index contributed by atoms with van der Waals surface area (Å²) in [7, 11) is 0. The Morgan fingerprint density at radius 3 is 2.55 bits per heavy atom. The molecule has 1 aliphatic rings. The monoisotopic (exact) mass is 445 g/mol. The highest BCUT2D eigenvalue weighted by molar-refractivity contribution is 6.04. The van der Waals surface area contributed by atoms with Crippen LogP contribution >= 0.6 is 0 Å². The van der Waals surface area contributed by atoms with E-state index < -0.39 is 0 Å². The van der Waals surface area contributed by atoms with Gasteiger partial charge in [-0.1, -0.05) is 45.0 Å². The van der Waals surface area contributed by atoms with Crippen molar-refractivity contribution in [2.24, 2.45) is 0 Å². The minimum atomic E-state index is -0.167. The van der Waals surface area contributed by atoms with Gasteiger partial charge in [0.1, 0.15) is 19.0 Å². The molecule has 3 aromatic rings. The number of aromatic nitrogens is 2. The zero-order valence-electron chi connectivity index (χ0n) is 19.5. The number of nitrogens with one attached hydrogen (secondary N) is 2. The predicted octanol–water partition coefficient (Wildman–Crippen LogP) is 5.52. The lowest BCUT2D eigenvalue weighted by Crippen LogP contribution is -2.16. The third kappa shape index (κ3) is 6.04. The molecule has 2 aromatic carbocycles. The van der Waals surface area contributed by atoms with Crippen LogP contribution in [0.1, 0.15) is 50.6 Å². The first kappa shape index (κ1) is 22.6. The van der Waals surface area contributed by atoms with Gasteiger partial charge in [0.15, 0.2) is 11.5 Å². The van der Waals surface area contributed by atoms with Crippen molar-refractivity contribution in [3.63, 3.8) is 0 Å². The summed E-state index contributed by atoms with van der Waals surface area (Å²) >= 11 is 0. The Hall–Kier alpha value is -3.54. The van der Waals surface area contributed by atoms with Crippen LogP contribution < -0.4 is 14.8 Å². The van der Waals surface area contributed by atoms with Crippen molar-refractivity contribution < 1.29 is 14.3 Å². The fraction of sp³-hybridized carbons (Fsp3) is 0.333. The topological polar surface area (TPSA) is 76.2 Å². The van der Waals surface area contributed by atoms with Crippen LogP contribution in [0.5, 0.6) is 11.5 Å². The molecule has 0 fully saturated rings. The minimum absolute atomic E-state index is 0.0807. The number of benzene rings is 2. The summed E-state index contributed by atoms with van der Waals surface area (Å²) in [5.41, 5.74) is 4.08. The van der Waals surface area contributed by atoms with Crippen LogP contribution in [0, 0.1) is 0 Å². The summed E-state index contributed by atoms with van der Waals surface area (Å²) in [5.74, 6) is 2.14. The lowest BCUT2D eigenvalue weighted by Gasteiger charge is -2.20. The average molecular weight is 446 g/mol. The summed E-state index contributed by atoms with van der Waals surface area (Å²) in [5, 5.41) is 2.96. The normalized spacial score (nSPS) is 13.6. The number of hydrogen-bond acceptors (Lipinski definition) is 4. The molecule has 6 nitrogen and oxygen atoms in total. The Balaban J connectivity index is 1.51. The van der Waals surface area contributed by atoms with Gasteiger partial charge in [-0.25, -0.2) is 4.98 Å². The third-order valence-corrected chi connectivity index (χ3v) is 5.65. The molecule has 0 atom stereocenters. The molecule has 0 bridgehead atoms. The summed E-state index contributed by atoms with van der Waals surface area (Å²) in [6.07, 6.45) is 7.78. The highest BCUT2D eigenvalue weighted by Gasteiger charge is 2.15. The first-order valence-electron chi connectivity index (χ1n) is 11.4. The molecule has 2 N–H and O–H groups in total. The van der Waals surface area contributed by atoms with Crippen LogP contribution in [0.4, 0.5) is 5.69 Å². The van der Waals surface area contributed by atoms with Crippen molar-refractivity contribution in [3.8, 4) is 11.5 Å². The summed E-state index contributed by atoms with van der Waals surface area (Å²) < 4.78 is 11.2. The standard InChI is InChI=1S/C27H31N3O3/c1-27(2,3)21-9-7-19(8-10-21)20(5-4-6-25-28-13-14-29-25)17-26(31)30-22-11-12-23-24(18-22)33-16-15-32-23/h7-14,17-18H,4-6,15-16H2,1-3H3,(H,28,29)(H,30,31)/b20-17+. The lowest BCUT2D eigenvalue weighted by molar-refractivity contribution is -0.111. The van der Waals surface area contributed by atoms with Gasteiger partial charge in [-0.15, -0.1) is 0 Å². The second-order valence-electron chi connectivity index (χ2n) is 9.23. The quantitative estimate of drug-likeness (QED) is 0.469. The number of nitrogens with zero attached hydrogens (tertiary/aromatic N) is 1. The molecular formula is C27H31N3O3. The highest BCUT2D eigenvalue weighted by Crippen LogP contribution is 2.33. The second kappa shape index (κ2) is 9.94. The molecule has 0 aliphatic carbocycles. The SMILES string of the molecule is CC(C)(C)c1ccc(/C(=C/C(=O)Nc2ccc3c(c2)OCCO3)CCCc2ncc[nH]2)cc1. The van der Waals surface area contributed by atoms with Crippen LogP contribution in [0.2, 0.25) is 0 Å². The number of imidazole rings is 1. The fourth-order valence-corrected chi connectivity index (χ4v) is 3.82. The number of aromatic amines is 1. The van der Waals surface area contributed by atoms with E-state index >= 15 is 0 Å². The van der Waals surface area contributed by atoms with Gasteiger partial charge in [0.2, 0.25) is 5.91 Å². The van der Waals surface area contributed by atoms with Gasteiger partial charge in [-0.2, -0.15) is 0 Å². The maximum absolute atomic E-state index is 12.9. The Labute approximate surface area is 195 Å². The maximum atomic E-state index is 12.9. The smallest absolute Gasteiger partial charge is 0.248 e. The summed E-state index contributed by atoms with van der Waals surface area (Å²) in [6.45, 7) is 7.64. The van der Waals surface area contributed by atoms with Crippen LogP contribution in [0.15, 0.2) is 60.9 Å². The summed E-state index contributed by atoms with van der Waals surface area (Å²) in [4.78, 5) is 20.3. The van der Waals surface area contributed by atoms with E-state index in [1.807, 2.05) is 18.3 Å². The molecule has 1 aliphatic heterocycles. The molecule has 0 saturated heterocycles. The van der Waals surface area contributed by atoms with Crippen molar-refractivity contribution in [2.75, 3.05) is 18.5 Å². The van der Waals surface area contributed by atoms with Gasteiger partial charge in [-0.05, 0) is 47.1 Å². The van der Waals surface area contributed by atoms with Gasteiger partial charge < -0.3 is 19.8 Å². The summed E-state index contributed by atoms with van der Waals surface area (Å²) in [6, 6.07) is 14.0. The Bertz CT molecular complexity index is 1110. The highest BCUT2D eigenvalue weighted by atomic mass is 16.6. The van der Waals surface area contributed by atoms with Crippen LogP contribution in [-0.2, 0) is 16.6 Å². The molecule has 4 rings (SSSR count). The minimum Gasteiger partial charge on any atom is -0.486 e. The Kier molecular flexibility index (Phi) is 6.82. The fourth-order valence-electron chi connectivity index (χ4n) is 3.82. The van der Waals surface area contributed by atoms with Crippen molar-refractivity contribution >= 4 is 17.2 Å². The van der Waals surface area contributed by atoms with Gasteiger partial charge >= 0.3 is 0 Å². The van der Waals surface area contributed by atoms with Gasteiger partial charge in [0, 0.05) is 36.6 Å². The van der Waals surface area contributed by atoms with E-state index in [9.17, 15) is 4.79 Å². The largest absolute Gasteiger partial charge is 0.486 e. The van der Waals surface area contributed by atoms with E-state index in [0.717, 1.165) is 36.2 Å². The van der Waals surface area contributed by atoms with Crippen LogP contribution in [0.3, 0.4) is 0 Å². The first-order chi connectivity index (χ1) is 15.9. The van der Waals surface area contributed by atoms with Crippen molar-refractivity contribution in [2.45, 2.75) is 45.4 Å². The average Bonchev–Trinajstić information content (AvgIpc) is 3.31. The van der Waals surface area contributed by atoms with E-state index in [0.29, 0.717) is 30.4 Å².